The summed E-state index contributed by atoms with van der Waals surface area (Å²) in [7, 11) is 0. The van der Waals surface area contributed by atoms with Crippen LogP contribution in [0.15, 0.2) is 47.5 Å². The lowest BCUT2D eigenvalue weighted by atomic mass is 9.52. The highest BCUT2D eigenvalue weighted by Gasteiger charge is 2.50. The number of aromatic nitrogens is 2. The van der Waals surface area contributed by atoms with Gasteiger partial charge in [-0.1, -0.05) is 29.8 Å². The summed E-state index contributed by atoms with van der Waals surface area (Å²) in [6.45, 7) is 1.47. The van der Waals surface area contributed by atoms with E-state index in [-0.39, 0.29) is 11.5 Å². The maximum absolute atomic E-state index is 9.59. The first-order valence-electron chi connectivity index (χ1n) is 11.3. The van der Waals surface area contributed by atoms with Crippen LogP contribution in [0.25, 0.3) is 10.1 Å². The third-order valence-corrected chi connectivity index (χ3v) is 8.51. The minimum atomic E-state index is 0.231. The molecule has 4 atom stereocenters. The molecule has 1 aromatic carbocycles. The molecule has 2 aromatic heterocycles. The van der Waals surface area contributed by atoms with Gasteiger partial charge in [0.2, 0.25) is 5.95 Å². The van der Waals surface area contributed by atoms with Crippen LogP contribution in [-0.2, 0) is 6.54 Å². The molecule has 7 heteroatoms. The lowest BCUT2D eigenvalue weighted by Crippen LogP contribution is -2.53. The molecule has 2 fully saturated rings. The minimum Gasteiger partial charge on any atom is -0.368 e. The maximum atomic E-state index is 9.59. The predicted molar refractivity (Wildman–Crippen MR) is 128 cm³/mol. The number of benzene rings is 1. The van der Waals surface area contributed by atoms with Crippen LogP contribution in [0.1, 0.15) is 36.8 Å². The summed E-state index contributed by atoms with van der Waals surface area (Å²) in [5.41, 5.74) is 9.83. The summed E-state index contributed by atoms with van der Waals surface area (Å²) >= 11 is 1.74. The average molecular weight is 443 g/mol. The lowest BCUT2D eigenvalue weighted by Gasteiger charge is -2.55. The molecule has 0 aliphatic heterocycles. The number of nitrogens with two attached hydrogens (primary N) is 1. The summed E-state index contributed by atoms with van der Waals surface area (Å²) in [5, 5.41) is 19.9. The van der Waals surface area contributed by atoms with E-state index in [0.717, 1.165) is 19.4 Å². The Kier molecular flexibility index (Phi) is 4.67. The number of nitrogens with one attached hydrogen (secondary N) is 2. The number of nitriles is 1. The number of anilines is 2. The van der Waals surface area contributed by atoms with E-state index in [2.05, 4.69) is 62.4 Å². The molecule has 7 rings (SSSR count). The Labute approximate surface area is 191 Å². The van der Waals surface area contributed by atoms with Gasteiger partial charge in [-0.2, -0.15) is 10.2 Å². The number of hydrogen-bond donors (Lipinski definition) is 3. The van der Waals surface area contributed by atoms with Crippen LogP contribution < -0.4 is 16.4 Å². The smallest absolute Gasteiger partial charge is 0.224 e. The molecular formula is C25H26N6S. The van der Waals surface area contributed by atoms with Crippen molar-refractivity contribution >= 4 is 33.2 Å². The van der Waals surface area contributed by atoms with E-state index < -0.39 is 0 Å². The topological polar surface area (TPSA) is 99.6 Å². The molecule has 4 aliphatic rings. The first kappa shape index (κ1) is 19.7. The molecule has 2 saturated carbocycles. The standard InChI is InChI=1S/C25H26N6S/c26-10-18-11-28-24(29-12-19-13-32-21-4-2-1-3-20(19)21)31-23(18)30-14-25-7-15-5-16(8-25)22(27)17(6-15)9-25/h1-5,11,13,15,17,22H,6-9,12,14,27H2,(H2,28,29,30,31)/t15?,17-,22+,25+/m1/s1. The van der Waals surface area contributed by atoms with Crippen molar-refractivity contribution in [1.29, 1.82) is 5.26 Å². The van der Waals surface area contributed by atoms with E-state index in [0.29, 0.717) is 35.7 Å². The summed E-state index contributed by atoms with van der Waals surface area (Å²) in [6.07, 6.45) is 8.71. The molecule has 2 heterocycles. The number of nitrogens with zero attached hydrogens (tertiary/aromatic N) is 3. The highest BCUT2D eigenvalue weighted by atomic mass is 32.1. The zero-order chi connectivity index (χ0) is 21.7. The van der Waals surface area contributed by atoms with Gasteiger partial charge in [0.05, 0.1) is 6.20 Å². The molecule has 0 amide bonds. The van der Waals surface area contributed by atoms with Crippen LogP contribution >= 0.6 is 11.3 Å². The van der Waals surface area contributed by atoms with Gasteiger partial charge < -0.3 is 16.4 Å². The second-order valence-corrected chi connectivity index (χ2v) is 10.6. The highest BCUT2D eigenvalue weighted by Crippen LogP contribution is 2.56. The van der Waals surface area contributed by atoms with Gasteiger partial charge in [-0.3, -0.25) is 0 Å². The van der Waals surface area contributed by atoms with Crippen LogP contribution in [0.3, 0.4) is 0 Å². The van der Waals surface area contributed by atoms with Crippen molar-refractivity contribution in [1.82, 2.24) is 9.97 Å². The van der Waals surface area contributed by atoms with Crippen LogP contribution in [0.2, 0.25) is 0 Å². The molecule has 4 N–H and O–H groups in total. The third-order valence-electron chi connectivity index (χ3n) is 7.50. The van der Waals surface area contributed by atoms with Crippen molar-refractivity contribution in [3.8, 4) is 6.07 Å². The van der Waals surface area contributed by atoms with Crippen molar-refractivity contribution < 1.29 is 0 Å². The Morgan fingerprint density at radius 3 is 3.03 bits per heavy atom. The minimum absolute atomic E-state index is 0.231. The van der Waals surface area contributed by atoms with Gasteiger partial charge in [-0.05, 0) is 65.3 Å². The fourth-order valence-electron chi connectivity index (χ4n) is 6.13. The van der Waals surface area contributed by atoms with Gasteiger partial charge >= 0.3 is 0 Å². The van der Waals surface area contributed by atoms with Crippen LogP contribution in [0.4, 0.5) is 11.8 Å². The quantitative estimate of drug-likeness (QED) is 0.480. The van der Waals surface area contributed by atoms with Gasteiger partial charge in [-0.25, -0.2) is 4.98 Å². The number of hydrogen-bond acceptors (Lipinski definition) is 7. The molecule has 0 spiro atoms. The second kappa shape index (κ2) is 7.58. The van der Waals surface area contributed by atoms with Crippen LogP contribution in [0, 0.1) is 28.6 Å². The Bertz CT molecular complexity index is 1260. The monoisotopic (exact) mass is 442 g/mol. The van der Waals surface area contributed by atoms with E-state index in [1.165, 1.54) is 34.1 Å². The summed E-state index contributed by atoms with van der Waals surface area (Å²) in [4.78, 5) is 9.03. The normalized spacial score (nSPS) is 27.9. The maximum Gasteiger partial charge on any atom is 0.224 e. The average Bonchev–Trinajstić information content (AvgIpc) is 3.22. The zero-order valence-electron chi connectivity index (χ0n) is 17.8. The van der Waals surface area contributed by atoms with Gasteiger partial charge in [0.25, 0.3) is 0 Å². The van der Waals surface area contributed by atoms with E-state index in [1.54, 1.807) is 17.5 Å². The second-order valence-electron chi connectivity index (χ2n) is 9.64. The number of fused-ring (bicyclic) bond motifs is 1. The van der Waals surface area contributed by atoms with E-state index >= 15 is 0 Å². The summed E-state index contributed by atoms with van der Waals surface area (Å²) in [6, 6.07) is 10.9. The number of allylic oxidation sites excluding steroid dienone is 1. The molecule has 4 bridgehead atoms. The fourth-order valence-corrected chi connectivity index (χ4v) is 7.09. The SMILES string of the molecule is N#Cc1cnc(NCc2csc3ccccc23)nc1NC[C@@]12CC3=CC(C[C@H](C1)[C@H]3N)C2. The molecule has 32 heavy (non-hydrogen) atoms. The summed E-state index contributed by atoms with van der Waals surface area (Å²) in [5.74, 6) is 2.42. The molecule has 1 unspecified atom stereocenters. The summed E-state index contributed by atoms with van der Waals surface area (Å²) < 4.78 is 1.28. The van der Waals surface area contributed by atoms with Crippen LogP contribution in [0.5, 0.6) is 0 Å². The van der Waals surface area contributed by atoms with E-state index in [4.69, 9.17) is 5.73 Å². The largest absolute Gasteiger partial charge is 0.368 e. The first-order valence-corrected chi connectivity index (χ1v) is 12.2. The Hall–Kier alpha value is -2.95. The molecule has 162 valence electrons. The molecule has 0 saturated heterocycles. The van der Waals surface area contributed by atoms with Gasteiger partial charge in [0.1, 0.15) is 17.5 Å². The van der Waals surface area contributed by atoms with E-state index in [1.807, 2.05) is 0 Å². The number of thiophene rings is 1. The fraction of sp³-hybridized carbons (Fsp3) is 0.400. The number of rotatable bonds is 6. The van der Waals surface area contributed by atoms with Crippen molar-refractivity contribution in [2.75, 3.05) is 17.2 Å². The molecular weight excluding hydrogens is 416 g/mol. The van der Waals surface area contributed by atoms with Crippen LogP contribution in [-0.4, -0.2) is 22.6 Å². The first-order chi connectivity index (χ1) is 15.6. The van der Waals surface area contributed by atoms with Gasteiger partial charge in [-0.15, -0.1) is 11.3 Å². The predicted octanol–water partition coefficient (Wildman–Crippen LogP) is 4.66. The van der Waals surface area contributed by atoms with E-state index in [9.17, 15) is 5.26 Å². The highest BCUT2D eigenvalue weighted by molar-refractivity contribution is 7.17. The zero-order valence-corrected chi connectivity index (χ0v) is 18.7. The Morgan fingerprint density at radius 1 is 1.25 bits per heavy atom. The van der Waals surface area contributed by atoms with Crippen molar-refractivity contribution in [2.24, 2.45) is 23.0 Å². The van der Waals surface area contributed by atoms with Crippen molar-refractivity contribution in [3.05, 3.63) is 58.6 Å². The molecule has 6 nitrogen and oxygen atoms in total. The Morgan fingerprint density at radius 2 is 2.16 bits per heavy atom. The van der Waals surface area contributed by atoms with Gasteiger partial charge in [0.15, 0.2) is 0 Å². The van der Waals surface area contributed by atoms with Crippen molar-refractivity contribution in [3.63, 3.8) is 0 Å². The van der Waals surface area contributed by atoms with Gasteiger partial charge in [0, 0.05) is 23.8 Å². The van der Waals surface area contributed by atoms with Crippen molar-refractivity contribution in [2.45, 2.75) is 38.3 Å². The molecule has 3 aromatic rings. The Balaban J connectivity index is 1.18. The molecule has 4 aliphatic carbocycles. The molecule has 0 radical (unpaired) electrons. The lowest BCUT2D eigenvalue weighted by molar-refractivity contribution is 0.0628. The third kappa shape index (κ3) is 3.35.